The molecule has 2 aromatic rings. The summed E-state index contributed by atoms with van der Waals surface area (Å²) in [7, 11) is -3.75. The number of amides is 1. The molecule has 2 bridgehead atoms. The van der Waals surface area contributed by atoms with Gasteiger partial charge in [0.25, 0.3) is 5.91 Å². The van der Waals surface area contributed by atoms with E-state index in [0.29, 0.717) is 36.8 Å². The van der Waals surface area contributed by atoms with Gasteiger partial charge in [-0.15, -0.1) is 0 Å². The van der Waals surface area contributed by atoms with Crippen molar-refractivity contribution >= 4 is 33.0 Å². The zero-order valence-corrected chi connectivity index (χ0v) is 17.4. The smallest absolute Gasteiger partial charge is 0.255 e. The van der Waals surface area contributed by atoms with E-state index in [1.165, 1.54) is 18.2 Å². The molecule has 2 saturated carbocycles. The van der Waals surface area contributed by atoms with Crippen LogP contribution in [0.4, 0.5) is 18.9 Å². The van der Waals surface area contributed by atoms with E-state index < -0.39 is 38.4 Å². The minimum atomic E-state index is -3.75. The summed E-state index contributed by atoms with van der Waals surface area (Å²) < 4.78 is 66.3. The van der Waals surface area contributed by atoms with Gasteiger partial charge in [0.15, 0.2) is 27.3 Å². The Morgan fingerprint density at radius 1 is 0.967 bits per heavy atom. The third-order valence-electron chi connectivity index (χ3n) is 6.02. The summed E-state index contributed by atoms with van der Waals surface area (Å²) in [5.74, 6) is -4.53. The van der Waals surface area contributed by atoms with Crippen LogP contribution in [-0.4, -0.2) is 19.6 Å². The number of hydrogen-bond donors (Lipinski definition) is 1. The molecule has 1 amide bonds. The summed E-state index contributed by atoms with van der Waals surface area (Å²) in [5.41, 5.74) is -0.332. The summed E-state index contributed by atoms with van der Waals surface area (Å²) in [4.78, 5) is 12.4. The van der Waals surface area contributed by atoms with Gasteiger partial charge in [0.05, 0.1) is 15.2 Å². The molecule has 4 rings (SSSR count). The number of fused-ring (bicyclic) bond motifs is 2. The Hall–Kier alpha value is -2.06. The molecule has 0 aliphatic heterocycles. The summed E-state index contributed by atoms with van der Waals surface area (Å²) in [6.45, 7) is 0. The van der Waals surface area contributed by atoms with E-state index in [2.05, 4.69) is 5.32 Å². The van der Waals surface area contributed by atoms with Crippen LogP contribution in [0, 0.1) is 29.3 Å². The molecule has 2 aromatic carbocycles. The van der Waals surface area contributed by atoms with Crippen molar-refractivity contribution < 1.29 is 26.4 Å². The van der Waals surface area contributed by atoms with Crippen LogP contribution in [0.5, 0.6) is 0 Å². The van der Waals surface area contributed by atoms with Crippen molar-refractivity contribution in [2.75, 3.05) is 5.32 Å². The lowest BCUT2D eigenvalue weighted by Crippen LogP contribution is -2.29. The number of carbonyl (C=O) groups excluding carboxylic acids is 1. The molecule has 160 valence electrons. The molecule has 0 spiro atoms. The Labute approximate surface area is 177 Å². The highest BCUT2D eigenvalue weighted by atomic mass is 35.5. The topological polar surface area (TPSA) is 63.2 Å². The standard InChI is InChI=1S/C21H19ClF3NO3S/c22-16-4-3-13(21(27)26-14-9-17(23)20(25)18(24)10-14)8-19(16)30(28,29)15-6-11-1-2-12(5-11)7-15/h3-4,8-12,15H,1-2,5-7H2,(H,26,27). The van der Waals surface area contributed by atoms with Crippen LogP contribution >= 0.6 is 11.6 Å². The Kier molecular flexibility index (Phi) is 5.57. The first-order valence-corrected chi connectivity index (χ1v) is 11.6. The molecule has 30 heavy (non-hydrogen) atoms. The van der Waals surface area contributed by atoms with Crippen LogP contribution in [0.1, 0.15) is 42.5 Å². The Bertz CT molecular complexity index is 1090. The predicted octanol–water partition coefficient (Wildman–Crippen LogP) is 5.36. The highest BCUT2D eigenvalue weighted by molar-refractivity contribution is 7.92. The van der Waals surface area contributed by atoms with Gasteiger partial charge in [0.1, 0.15) is 0 Å². The van der Waals surface area contributed by atoms with Gasteiger partial charge in [-0.05, 0) is 49.3 Å². The molecule has 2 atom stereocenters. The fourth-order valence-electron chi connectivity index (χ4n) is 4.57. The van der Waals surface area contributed by atoms with Crippen LogP contribution < -0.4 is 5.32 Å². The lowest BCUT2D eigenvalue weighted by Gasteiger charge is -2.27. The number of carbonyl (C=O) groups is 1. The highest BCUT2D eigenvalue weighted by Gasteiger charge is 2.41. The van der Waals surface area contributed by atoms with Crippen molar-refractivity contribution in [2.45, 2.75) is 42.2 Å². The first-order valence-electron chi connectivity index (χ1n) is 9.64. The van der Waals surface area contributed by atoms with Gasteiger partial charge in [0, 0.05) is 23.4 Å². The number of halogens is 4. The summed E-state index contributed by atoms with van der Waals surface area (Å²) in [6, 6.07) is 5.09. The third-order valence-corrected chi connectivity index (χ3v) is 8.68. The van der Waals surface area contributed by atoms with Gasteiger partial charge >= 0.3 is 0 Å². The zero-order valence-electron chi connectivity index (χ0n) is 15.8. The average Bonchev–Trinajstić information content (AvgIpc) is 3.03. The van der Waals surface area contributed by atoms with E-state index in [1.54, 1.807) is 0 Å². The molecular formula is C21H19ClF3NO3S. The molecule has 0 aromatic heterocycles. The van der Waals surface area contributed by atoms with Crippen LogP contribution in [0.25, 0.3) is 0 Å². The second-order valence-corrected chi connectivity index (χ2v) is 10.6. The Morgan fingerprint density at radius 2 is 1.57 bits per heavy atom. The van der Waals surface area contributed by atoms with Crippen LogP contribution in [0.15, 0.2) is 35.2 Å². The second-order valence-electron chi connectivity index (χ2n) is 8.04. The third kappa shape index (κ3) is 3.95. The molecule has 9 heteroatoms. The van der Waals surface area contributed by atoms with Crippen molar-refractivity contribution in [2.24, 2.45) is 11.8 Å². The van der Waals surface area contributed by atoms with E-state index in [-0.39, 0.29) is 21.2 Å². The van der Waals surface area contributed by atoms with Gasteiger partial charge in [0.2, 0.25) is 0 Å². The fraction of sp³-hybridized carbons (Fsp3) is 0.381. The number of sulfone groups is 1. The van der Waals surface area contributed by atoms with Crippen molar-refractivity contribution in [1.29, 1.82) is 0 Å². The molecule has 2 aliphatic rings. The molecule has 4 nitrogen and oxygen atoms in total. The monoisotopic (exact) mass is 457 g/mol. The molecule has 0 radical (unpaired) electrons. The molecule has 2 fully saturated rings. The highest BCUT2D eigenvalue weighted by Crippen LogP contribution is 2.45. The molecule has 2 unspecified atom stereocenters. The number of rotatable bonds is 4. The predicted molar refractivity (Wildman–Crippen MR) is 107 cm³/mol. The minimum Gasteiger partial charge on any atom is -0.322 e. The van der Waals surface area contributed by atoms with E-state index in [1.807, 2.05) is 0 Å². The largest absolute Gasteiger partial charge is 0.322 e. The summed E-state index contributed by atoms with van der Waals surface area (Å²) >= 11 is 6.16. The minimum absolute atomic E-state index is 0.0170. The van der Waals surface area contributed by atoms with Crippen molar-refractivity contribution in [3.05, 3.63) is 58.4 Å². The lowest BCUT2D eigenvalue weighted by atomic mass is 9.89. The van der Waals surface area contributed by atoms with Gasteiger partial charge < -0.3 is 5.32 Å². The van der Waals surface area contributed by atoms with Crippen LogP contribution in [0.2, 0.25) is 5.02 Å². The van der Waals surface area contributed by atoms with Crippen LogP contribution in [-0.2, 0) is 9.84 Å². The second kappa shape index (κ2) is 7.89. The normalized spacial score (nSPS) is 23.4. The van der Waals surface area contributed by atoms with E-state index in [0.717, 1.165) is 19.3 Å². The molecule has 1 N–H and O–H groups in total. The van der Waals surface area contributed by atoms with E-state index in [4.69, 9.17) is 11.6 Å². The van der Waals surface area contributed by atoms with E-state index in [9.17, 15) is 26.4 Å². The van der Waals surface area contributed by atoms with E-state index >= 15 is 0 Å². The van der Waals surface area contributed by atoms with Gasteiger partial charge in [-0.1, -0.05) is 24.4 Å². The van der Waals surface area contributed by atoms with Crippen molar-refractivity contribution in [1.82, 2.24) is 0 Å². The Balaban J connectivity index is 1.61. The first kappa shape index (κ1) is 21.2. The summed E-state index contributed by atoms with van der Waals surface area (Å²) in [6.07, 6.45) is 4.31. The quantitative estimate of drug-likeness (QED) is 0.628. The maximum atomic E-state index is 13.4. The molecular weight excluding hydrogens is 439 g/mol. The maximum Gasteiger partial charge on any atom is 0.255 e. The van der Waals surface area contributed by atoms with Gasteiger partial charge in [-0.2, -0.15) is 0 Å². The fourth-order valence-corrected chi connectivity index (χ4v) is 7.05. The molecule has 2 aliphatic carbocycles. The zero-order chi connectivity index (χ0) is 21.6. The SMILES string of the molecule is O=C(Nc1cc(F)c(F)c(F)c1)c1ccc(Cl)c(S(=O)(=O)C2CC3CCC(C3)C2)c1. The number of nitrogens with one attached hydrogen (secondary N) is 1. The Morgan fingerprint density at radius 3 is 2.17 bits per heavy atom. The van der Waals surface area contributed by atoms with Crippen molar-refractivity contribution in [3.63, 3.8) is 0 Å². The van der Waals surface area contributed by atoms with Crippen LogP contribution in [0.3, 0.4) is 0 Å². The average molecular weight is 458 g/mol. The number of benzene rings is 2. The van der Waals surface area contributed by atoms with Crippen molar-refractivity contribution in [3.8, 4) is 0 Å². The summed E-state index contributed by atoms with van der Waals surface area (Å²) in [5, 5.41) is 1.72. The number of anilines is 1. The number of hydrogen-bond acceptors (Lipinski definition) is 3. The molecule has 0 saturated heterocycles. The van der Waals surface area contributed by atoms with Gasteiger partial charge in [-0.3, -0.25) is 4.79 Å². The van der Waals surface area contributed by atoms with Gasteiger partial charge in [-0.25, -0.2) is 21.6 Å². The maximum absolute atomic E-state index is 13.4. The first-order chi connectivity index (χ1) is 14.1. The molecule has 0 heterocycles. The lowest BCUT2D eigenvalue weighted by molar-refractivity contribution is 0.102.